The van der Waals surface area contributed by atoms with E-state index in [1.54, 1.807) is 43.3 Å². The lowest BCUT2D eigenvalue weighted by molar-refractivity contribution is -0.145. The summed E-state index contributed by atoms with van der Waals surface area (Å²) in [5.41, 5.74) is 2.00. The molecule has 1 saturated heterocycles. The molecule has 0 saturated carbocycles. The highest BCUT2D eigenvalue weighted by Crippen LogP contribution is 2.34. The van der Waals surface area contributed by atoms with Crippen LogP contribution in [0.15, 0.2) is 51.8 Å². The van der Waals surface area contributed by atoms with Crippen LogP contribution in [0, 0.1) is 11.3 Å². The lowest BCUT2D eigenvalue weighted by atomic mass is 10.1. The zero-order valence-electron chi connectivity index (χ0n) is 16.5. The lowest BCUT2D eigenvalue weighted by Crippen LogP contribution is -2.34. The number of carbonyl (C=O) groups is 3. The van der Waals surface area contributed by atoms with Gasteiger partial charge in [0.05, 0.1) is 27.6 Å². The summed E-state index contributed by atoms with van der Waals surface area (Å²) in [6.45, 7) is 1.65. The van der Waals surface area contributed by atoms with Crippen molar-refractivity contribution in [3.8, 4) is 11.8 Å². The number of carbonyl (C=O) groups excluding carboxylic acids is 3. The molecule has 0 radical (unpaired) electrons. The number of ether oxygens (including phenoxy) is 2. The van der Waals surface area contributed by atoms with Crippen LogP contribution in [0.1, 0.15) is 23.6 Å². The van der Waals surface area contributed by atoms with Crippen LogP contribution < -0.4 is 4.74 Å². The third-order valence-electron chi connectivity index (χ3n) is 4.24. The Labute approximate surface area is 191 Å². The SMILES string of the molecule is CCOC(=O)CN1C(=O)S/C(=C/c2ccc(OCc3ccccc3C#N)c(Br)c2)C1=O. The number of esters is 1. The van der Waals surface area contributed by atoms with Crippen LogP contribution in [0.2, 0.25) is 0 Å². The number of rotatable bonds is 7. The van der Waals surface area contributed by atoms with Gasteiger partial charge in [-0.2, -0.15) is 5.26 Å². The summed E-state index contributed by atoms with van der Waals surface area (Å²) in [5.74, 6) is -0.596. The molecule has 0 unspecified atom stereocenters. The fourth-order valence-electron chi connectivity index (χ4n) is 2.76. The van der Waals surface area contributed by atoms with Gasteiger partial charge in [0.25, 0.3) is 11.1 Å². The van der Waals surface area contributed by atoms with E-state index >= 15 is 0 Å². The van der Waals surface area contributed by atoms with Gasteiger partial charge in [-0.15, -0.1) is 0 Å². The number of imide groups is 1. The average molecular weight is 501 g/mol. The zero-order valence-corrected chi connectivity index (χ0v) is 18.9. The van der Waals surface area contributed by atoms with Crippen LogP contribution in [0.25, 0.3) is 6.08 Å². The van der Waals surface area contributed by atoms with E-state index in [-0.39, 0.29) is 18.1 Å². The summed E-state index contributed by atoms with van der Waals surface area (Å²) < 4.78 is 11.3. The molecule has 0 spiro atoms. The maximum atomic E-state index is 12.5. The maximum Gasteiger partial charge on any atom is 0.326 e. The Morgan fingerprint density at radius 3 is 2.74 bits per heavy atom. The molecule has 0 bridgehead atoms. The van der Waals surface area contributed by atoms with E-state index in [4.69, 9.17) is 9.47 Å². The molecule has 2 aromatic carbocycles. The van der Waals surface area contributed by atoms with Gasteiger partial charge in [-0.1, -0.05) is 24.3 Å². The molecule has 0 atom stereocenters. The molecule has 7 nitrogen and oxygen atoms in total. The van der Waals surface area contributed by atoms with E-state index in [0.717, 1.165) is 22.2 Å². The van der Waals surface area contributed by atoms with Gasteiger partial charge in [-0.3, -0.25) is 19.3 Å². The summed E-state index contributed by atoms with van der Waals surface area (Å²) in [4.78, 5) is 37.3. The lowest BCUT2D eigenvalue weighted by Gasteiger charge is -2.11. The van der Waals surface area contributed by atoms with Crippen molar-refractivity contribution in [2.75, 3.05) is 13.2 Å². The fourth-order valence-corrected chi connectivity index (χ4v) is 4.11. The molecule has 0 aliphatic carbocycles. The van der Waals surface area contributed by atoms with Gasteiger partial charge in [0.1, 0.15) is 18.9 Å². The molecular formula is C22H17BrN2O5S. The molecule has 1 fully saturated rings. The van der Waals surface area contributed by atoms with E-state index in [2.05, 4.69) is 22.0 Å². The summed E-state index contributed by atoms with van der Waals surface area (Å²) in [5, 5.41) is 8.66. The number of hydrogen-bond donors (Lipinski definition) is 0. The first-order chi connectivity index (χ1) is 14.9. The molecule has 0 N–H and O–H groups in total. The largest absolute Gasteiger partial charge is 0.488 e. The number of thioether (sulfide) groups is 1. The van der Waals surface area contributed by atoms with Crippen molar-refractivity contribution < 1.29 is 23.9 Å². The summed E-state index contributed by atoms with van der Waals surface area (Å²) in [6.07, 6.45) is 1.58. The number of halogens is 1. The van der Waals surface area contributed by atoms with E-state index in [1.807, 2.05) is 12.1 Å². The number of amides is 2. The first-order valence-corrected chi connectivity index (χ1v) is 10.8. The maximum absolute atomic E-state index is 12.5. The standard InChI is InChI=1S/C22H17BrN2O5S/c1-2-29-20(26)12-25-21(27)19(31-22(25)28)10-14-7-8-18(17(23)9-14)30-13-16-6-4-3-5-15(16)11-24/h3-10H,2,12-13H2,1H3/b19-10+. The normalized spacial score (nSPS) is 14.6. The van der Waals surface area contributed by atoms with E-state index in [1.165, 1.54) is 0 Å². The van der Waals surface area contributed by atoms with Crippen molar-refractivity contribution in [2.24, 2.45) is 0 Å². The van der Waals surface area contributed by atoms with E-state index in [0.29, 0.717) is 21.3 Å². The van der Waals surface area contributed by atoms with Crippen LogP contribution in [0.4, 0.5) is 4.79 Å². The van der Waals surface area contributed by atoms with Crippen LogP contribution >= 0.6 is 27.7 Å². The van der Waals surface area contributed by atoms with Gasteiger partial charge >= 0.3 is 5.97 Å². The van der Waals surface area contributed by atoms with Gasteiger partial charge in [0.2, 0.25) is 0 Å². The molecule has 1 aliphatic heterocycles. The monoisotopic (exact) mass is 500 g/mol. The van der Waals surface area contributed by atoms with Crippen LogP contribution in [-0.2, 0) is 20.9 Å². The first kappa shape index (κ1) is 22.6. The minimum atomic E-state index is -0.631. The summed E-state index contributed by atoms with van der Waals surface area (Å²) >= 11 is 4.22. The third-order valence-corrected chi connectivity index (χ3v) is 5.77. The Morgan fingerprint density at radius 1 is 1.26 bits per heavy atom. The van der Waals surface area contributed by atoms with Crippen molar-refractivity contribution in [1.29, 1.82) is 5.26 Å². The molecule has 1 aliphatic rings. The van der Waals surface area contributed by atoms with Gasteiger partial charge in [0.15, 0.2) is 0 Å². The van der Waals surface area contributed by atoms with Gasteiger partial charge in [-0.25, -0.2) is 0 Å². The summed E-state index contributed by atoms with van der Waals surface area (Å²) in [7, 11) is 0. The highest BCUT2D eigenvalue weighted by Gasteiger charge is 2.36. The number of nitriles is 1. The highest BCUT2D eigenvalue weighted by atomic mass is 79.9. The van der Waals surface area contributed by atoms with Gasteiger partial charge in [0, 0.05) is 5.56 Å². The second kappa shape index (κ2) is 10.3. The van der Waals surface area contributed by atoms with Crippen molar-refractivity contribution in [3.05, 3.63) is 68.5 Å². The number of hydrogen-bond acceptors (Lipinski definition) is 7. The predicted octanol–water partition coefficient (Wildman–Crippen LogP) is 4.50. The minimum absolute atomic E-state index is 0.176. The van der Waals surface area contributed by atoms with Crippen molar-refractivity contribution in [3.63, 3.8) is 0 Å². The van der Waals surface area contributed by atoms with Gasteiger partial charge < -0.3 is 9.47 Å². The molecule has 2 aromatic rings. The smallest absolute Gasteiger partial charge is 0.326 e. The topological polar surface area (TPSA) is 96.7 Å². The minimum Gasteiger partial charge on any atom is -0.488 e. The second-order valence-electron chi connectivity index (χ2n) is 6.32. The van der Waals surface area contributed by atoms with Crippen LogP contribution in [0.3, 0.4) is 0 Å². The molecule has 9 heteroatoms. The average Bonchev–Trinajstić information content (AvgIpc) is 3.01. The zero-order chi connectivity index (χ0) is 22.4. The Morgan fingerprint density at radius 2 is 2.03 bits per heavy atom. The molecule has 2 amide bonds. The molecule has 31 heavy (non-hydrogen) atoms. The van der Waals surface area contributed by atoms with Crippen molar-refractivity contribution in [1.82, 2.24) is 4.90 Å². The second-order valence-corrected chi connectivity index (χ2v) is 8.17. The fraction of sp³-hybridized carbons (Fsp3) is 0.182. The Balaban J connectivity index is 1.70. The van der Waals surface area contributed by atoms with Gasteiger partial charge in [-0.05, 0) is 64.5 Å². The Hall–Kier alpha value is -3.09. The Bertz CT molecular complexity index is 1110. The molecule has 158 valence electrons. The predicted molar refractivity (Wildman–Crippen MR) is 119 cm³/mol. The number of nitrogens with zero attached hydrogens (tertiary/aromatic N) is 2. The van der Waals surface area contributed by atoms with Crippen LogP contribution in [0.5, 0.6) is 5.75 Å². The van der Waals surface area contributed by atoms with Crippen molar-refractivity contribution in [2.45, 2.75) is 13.5 Å². The third kappa shape index (κ3) is 5.54. The van der Waals surface area contributed by atoms with E-state index in [9.17, 15) is 19.6 Å². The van der Waals surface area contributed by atoms with Crippen LogP contribution in [-0.4, -0.2) is 35.2 Å². The van der Waals surface area contributed by atoms with Crippen molar-refractivity contribution >= 4 is 50.9 Å². The molecule has 3 rings (SSSR count). The Kier molecular flexibility index (Phi) is 7.50. The number of benzene rings is 2. The molecule has 0 aromatic heterocycles. The quantitative estimate of drug-likeness (QED) is 0.407. The molecular weight excluding hydrogens is 484 g/mol. The summed E-state index contributed by atoms with van der Waals surface area (Å²) in [6, 6.07) is 14.5. The highest BCUT2D eigenvalue weighted by molar-refractivity contribution is 9.10. The molecule has 1 heterocycles. The van der Waals surface area contributed by atoms with E-state index < -0.39 is 23.7 Å². The first-order valence-electron chi connectivity index (χ1n) is 9.24.